The van der Waals surface area contributed by atoms with Gasteiger partial charge in [-0.05, 0) is 219 Å². The lowest BCUT2D eigenvalue weighted by molar-refractivity contribution is 0.660. The molecule has 0 bridgehead atoms. The highest BCUT2D eigenvalue weighted by molar-refractivity contribution is 6.27. The molecule has 127 heavy (non-hydrogen) atoms. The molecule has 21 aromatic carbocycles. The summed E-state index contributed by atoms with van der Waals surface area (Å²) in [7, 11) is 0. The quantitative estimate of drug-likeness (QED) is 0.142. The van der Waals surface area contributed by atoms with Crippen molar-refractivity contribution in [1.29, 1.82) is 0 Å². The fourth-order valence-corrected chi connectivity index (χ4v) is 21.7. The maximum absolute atomic E-state index is 3.71. The smallest absolute Gasteiger partial charge is 0.0547 e. The summed E-state index contributed by atoms with van der Waals surface area (Å²) in [5, 5.41) is 25.5. The zero-order valence-corrected chi connectivity index (χ0v) is 69.8. The van der Waals surface area contributed by atoms with Gasteiger partial charge in [0.15, 0.2) is 0 Å². The van der Waals surface area contributed by atoms with Crippen LogP contribution in [0.15, 0.2) is 431 Å². The molecule has 0 fully saturated rings. The lowest BCUT2D eigenvalue weighted by atomic mass is 9.82. The molecule has 1 aliphatic rings. The Labute approximate surface area is 731 Å². The summed E-state index contributed by atoms with van der Waals surface area (Å²) < 4.78 is 7.30. The maximum atomic E-state index is 3.71. The molecule has 27 aromatic rings. The third-order valence-corrected chi connectivity index (χ3v) is 27.5. The fraction of sp³-hybridized carbons (Fsp3) is 0.0248. The van der Waals surface area contributed by atoms with Gasteiger partial charge < -0.3 is 28.7 Å². The highest BCUT2D eigenvalue weighted by Crippen LogP contribution is 2.52. The summed E-state index contributed by atoms with van der Waals surface area (Å²) in [6, 6.07) is 157. The van der Waals surface area contributed by atoms with Gasteiger partial charge in [0.05, 0.1) is 33.1 Å². The minimum absolute atomic E-state index is 0.0558. The van der Waals surface area contributed by atoms with Crippen LogP contribution in [0.4, 0.5) is 0 Å². The van der Waals surface area contributed by atoms with Crippen molar-refractivity contribution in [3.8, 4) is 72.7 Å². The summed E-state index contributed by atoms with van der Waals surface area (Å²) in [6.07, 6.45) is 0. The van der Waals surface area contributed by atoms with E-state index in [0.29, 0.717) is 0 Å². The van der Waals surface area contributed by atoms with Gasteiger partial charge in [0, 0.05) is 120 Å². The second-order valence-electron chi connectivity index (χ2n) is 34.8. The second kappa shape index (κ2) is 28.3. The Kier molecular flexibility index (Phi) is 16.0. The first-order valence-corrected chi connectivity index (χ1v) is 44.0. The molecule has 0 unspecified atom stereocenters. The van der Waals surface area contributed by atoms with E-state index in [9.17, 15) is 0 Å². The van der Waals surface area contributed by atoms with Gasteiger partial charge in [0.25, 0.3) is 0 Å². The van der Waals surface area contributed by atoms with Crippen LogP contribution in [0.5, 0.6) is 0 Å². The molecule has 6 heteroatoms. The van der Waals surface area contributed by atoms with Crippen molar-refractivity contribution in [3.05, 3.63) is 442 Å². The molecule has 0 spiro atoms. The van der Waals surface area contributed by atoms with Gasteiger partial charge >= 0.3 is 0 Å². The van der Waals surface area contributed by atoms with Gasteiger partial charge in [-0.1, -0.05) is 335 Å². The zero-order chi connectivity index (χ0) is 83.7. The number of rotatable bonds is 7. The van der Waals surface area contributed by atoms with Crippen LogP contribution < -0.4 is 0 Å². The minimum Gasteiger partial charge on any atom is -0.354 e. The molecule has 28 rings (SSSR count). The number of aromatic nitrogens is 6. The lowest BCUT2D eigenvalue weighted by Crippen LogP contribution is -2.15. The predicted molar refractivity (Wildman–Crippen MR) is 540 cm³/mol. The molecular formula is C121H80N6. The number of H-pyrrole nitrogens is 3. The number of aromatic amines is 3. The van der Waals surface area contributed by atoms with Crippen LogP contribution in [-0.2, 0) is 5.41 Å². The van der Waals surface area contributed by atoms with Crippen LogP contribution in [-0.4, -0.2) is 28.7 Å². The molecule has 594 valence electrons. The third kappa shape index (κ3) is 11.2. The van der Waals surface area contributed by atoms with E-state index < -0.39 is 0 Å². The summed E-state index contributed by atoms with van der Waals surface area (Å²) in [5.74, 6) is 0. The minimum atomic E-state index is -0.0558. The molecule has 0 saturated heterocycles. The van der Waals surface area contributed by atoms with Crippen LogP contribution in [0.25, 0.3) is 247 Å². The van der Waals surface area contributed by atoms with Crippen molar-refractivity contribution in [2.24, 2.45) is 0 Å². The normalized spacial score (nSPS) is 12.6. The topological polar surface area (TPSA) is 62.2 Å². The van der Waals surface area contributed by atoms with E-state index in [2.05, 4.69) is 473 Å². The fourth-order valence-electron chi connectivity index (χ4n) is 21.7. The number of fused-ring (bicyclic) bond motifs is 28. The molecule has 6 aromatic heterocycles. The Morgan fingerprint density at radius 2 is 0.488 bits per heavy atom. The molecule has 0 amide bonds. The molecule has 1 aliphatic carbocycles. The van der Waals surface area contributed by atoms with E-state index in [1.54, 1.807) is 0 Å². The molecule has 0 saturated carbocycles. The van der Waals surface area contributed by atoms with Crippen molar-refractivity contribution in [2.45, 2.75) is 19.3 Å². The average Bonchev–Trinajstić information content (AvgIpc) is 1.58. The van der Waals surface area contributed by atoms with Crippen molar-refractivity contribution < 1.29 is 0 Å². The number of benzene rings is 21. The largest absolute Gasteiger partial charge is 0.354 e. The predicted octanol–water partition coefficient (Wildman–Crippen LogP) is 32.8. The van der Waals surface area contributed by atoms with Crippen molar-refractivity contribution in [3.63, 3.8) is 0 Å². The third-order valence-electron chi connectivity index (χ3n) is 27.5. The molecular weight excluding hydrogens is 1540 g/mol. The molecule has 6 heterocycles. The monoisotopic (exact) mass is 1620 g/mol. The molecule has 6 nitrogen and oxygen atoms in total. The van der Waals surface area contributed by atoms with Crippen LogP contribution in [0.2, 0.25) is 0 Å². The average molecular weight is 1620 g/mol. The van der Waals surface area contributed by atoms with Gasteiger partial charge in [-0.2, -0.15) is 0 Å². The first-order valence-electron chi connectivity index (χ1n) is 44.0. The van der Waals surface area contributed by atoms with E-state index in [-0.39, 0.29) is 5.41 Å². The first-order chi connectivity index (χ1) is 62.7. The van der Waals surface area contributed by atoms with Gasteiger partial charge in [-0.3, -0.25) is 0 Å². The summed E-state index contributed by atoms with van der Waals surface area (Å²) in [5.41, 5.74) is 33.2. The first kappa shape index (κ1) is 72.1. The van der Waals surface area contributed by atoms with Crippen molar-refractivity contribution in [1.82, 2.24) is 28.7 Å². The van der Waals surface area contributed by atoms with E-state index >= 15 is 0 Å². The molecule has 0 atom stereocenters. The maximum Gasteiger partial charge on any atom is 0.0547 e. The number of para-hydroxylation sites is 6. The van der Waals surface area contributed by atoms with E-state index in [4.69, 9.17) is 0 Å². The molecule has 3 N–H and O–H groups in total. The van der Waals surface area contributed by atoms with Gasteiger partial charge in [-0.25, -0.2) is 0 Å². The van der Waals surface area contributed by atoms with Crippen molar-refractivity contribution in [2.75, 3.05) is 0 Å². The van der Waals surface area contributed by atoms with Gasteiger partial charge in [0.1, 0.15) is 0 Å². The van der Waals surface area contributed by atoms with Gasteiger partial charge in [-0.15, -0.1) is 0 Å². The number of nitrogens with one attached hydrogen (secondary N) is 3. The van der Waals surface area contributed by atoms with E-state index in [0.717, 1.165) is 5.69 Å². The summed E-state index contributed by atoms with van der Waals surface area (Å²) in [6.45, 7) is 4.72. The van der Waals surface area contributed by atoms with Crippen molar-refractivity contribution >= 4 is 174 Å². The van der Waals surface area contributed by atoms with Crippen LogP contribution >= 0.6 is 0 Å². The molecule has 0 radical (unpaired) electrons. The Balaban J connectivity index is 0.000000101. The number of hydrogen-bond donors (Lipinski definition) is 3. The Bertz CT molecular complexity index is 9260. The second-order valence-corrected chi connectivity index (χ2v) is 34.8. The summed E-state index contributed by atoms with van der Waals surface area (Å²) >= 11 is 0. The Hall–Kier alpha value is -16.5. The molecule has 0 aliphatic heterocycles. The Morgan fingerprint density at radius 1 is 0.173 bits per heavy atom. The van der Waals surface area contributed by atoms with Crippen LogP contribution in [0, 0.1) is 0 Å². The van der Waals surface area contributed by atoms with E-state index in [1.807, 2.05) is 0 Å². The van der Waals surface area contributed by atoms with Crippen LogP contribution in [0.1, 0.15) is 25.0 Å². The Morgan fingerprint density at radius 3 is 0.945 bits per heavy atom. The highest BCUT2D eigenvalue weighted by atomic mass is 15.0. The standard InChI is InChI=1S/C43H30N2.C40H26N2.C38H24N2/c1-43(2)36-16-8-5-12-29(36)30-22-20-27(24-37(30)43)45-40-18-10-7-13-31(40)32-21-19-26(23-41(32)45)35-25-39-42(33-14-4-3-11-28(33)35)34-15-6-9-17-38(34)44-39;1-2-10-26(11-3-1)27-18-21-29(22-19-27)42-38-17-9-7-13-31(38)32-23-20-28(24-39(32)42)35-25-37-40(33-14-5-4-12-30(33)35)34-15-6-8-16-36(34)41-37;1-2-10-25-21-27(19-17-24(25)9-1)40-36-16-8-6-12-29(36)30-20-18-26(22-37(30)40)33-23-35-38(31-13-4-3-11-28(31)33)32-14-5-7-15-34(32)39-35/h3-25,44H,1-2H3;1-25,41H;1-23,39H. The SMILES string of the molecule is CC1(C)c2ccccc2-c2ccc(-n3c4ccccc4c4ccc(-c5cc6[nH]c7ccccc7c6c6ccccc56)cc43)cc21.c1ccc(-c2ccc(-n3c4ccccc4c4ccc(-c5cc6[nH]c7ccccc7c6c6ccccc56)cc43)cc2)cc1.c1ccc2cc(-n3c4ccccc4c4ccc(-c5cc6[nH]c7ccccc7c6c6ccccc56)cc43)ccc2c1. The highest BCUT2D eigenvalue weighted by Gasteiger charge is 2.36. The van der Waals surface area contributed by atoms with Crippen LogP contribution in [0.3, 0.4) is 0 Å². The zero-order valence-electron chi connectivity index (χ0n) is 69.8. The van der Waals surface area contributed by atoms with E-state index in [1.165, 1.54) is 252 Å². The number of nitrogens with zero attached hydrogens (tertiary/aromatic N) is 3. The van der Waals surface area contributed by atoms with Gasteiger partial charge in [0.2, 0.25) is 0 Å². The number of hydrogen-bond acceptors (Lipinski definition) is 0. The summed E-state index contributed by atoms with van der Waals surface area (Å²) in [4.78, 5) is 11.1. The lowest BCUT2D eigenvalue weighted by Gasteiger charge is -2.22.